The number of alkyl halides is 3. The molecule has 136 valence electrons. The van der Waals surface area contributed by atoms with Crippen molar-refractivity contribution in [3.63, 3.8) is 0 Å². The van der Waals surface area contributed by atoms with Crippen LogP contribution < -0.4 is 16.2 Å². The number of carbonyl (C=O) groups is 1. The number of aromatic nitrogens is 1. The van der Waals surface area contributed by atoms with Crippen LogP contribution in [0.4, 0.5) is 13.2 Å². The Kier molecular flexibility index (Phi) is 4.83. The lowest BCUT2D eigenvalue weighted by atomic mass is 10.1. The van der Waals surface area contributed by atoms with Crippen molar-refractivity contribution in [2.24, 2.45) is 0 Å². The first kappa shape index (κ1) is 18.1. The number of amides is 1. The highest BCUT2D eigenvalue weighted by atomic mass is 32.1. The van der Waals surface area contributed by atoms with Gasteiger partial charge in [-0.3, -0.25) is 20.6 Å². The van der Waals surface area contributed by atoms with Gasteiger partial charge in [0.25, 0.3) is 5.91 Å². The summed E-state index contributed by atoms with van der Waals surface area (Å²) in [5.74, 6) is -0.254. The lowest BCUT2D eigenvalue weighted by Gasteiger charge is -2.08. The van der Waals surface area contributed by atoms with E-state index in [4.69, 9.17) is 16.6 Å². The fourth-order valence-corrected chi connectivity index (χ4v) is 3.33. The van der Waals surface area contributed by atoms with Crippen molar-refractivity contribution in [1.29, 1.82) is 0 Å². The van der Waals surface area contributed by atoms with Gasteiger partial charge < -0.3 is 9.73 Å². The van der Waals surface area contributed by atoms with Crippen molar-refractivity contribution in [3.8, 4) is 11.3 Å². The lowest BCUT2D eigenvalue weighted by molar-refractivity contribution is -0.137. The third kappa shape index (κ3) is 3.48. The Labute approximate surface area is 154 Å². The molecular formula is C15H11F3N4O2S2. The van der Waals surface area contributed by atoms with E-state index >= 15 is 0 Å². The number of hydrazine groups is 1. The number of rotatable bonds is 2. The molecule has 3 heterocycles. The van der Waals surface area contributed by atoms with Gasteiger partial charge in [-0.2, -0.15) is 13.2 Å². The lowest BCUT2D eigenvalue weighted by Crippen LogP contribution is -2.45. The predicted octanol–water partition coefficient (Wildman–Crippen LogP) is 3.31. The van der Waals surface area contributed by atoms with E-state index < -0.39 is 17.6 Å². The average molecular weight is 400 g/mol. The summed E-state index contributed by atoms with van der Waals surface area (Å²) in [5, 5.41) is 2.80. The van der Waals surface area contributed by atoms with E-state index in [9.17, 15) is 18.0 Å². The molecule has 6 nitrogen and oxygen atoms in total. The Balaban J connectivity index is 2.10. The van der Waals surface area contributed by atoms with E-state index in [1.165, 1.54) is 6.26 Å². The number of thiophene rings is 1. The molecule has 0 radical (unpaired) electrons. The van der Waals surface area contributed by atoms with Gasteiger partial charge in [0.1, 0.15) is 10.6 Å². The van der Waals surface area contributed by atoms with Gasteiger partial charge in [-0.25, -0.2) is 0 Å². The fraction of sp³-hybridized carbons (Fsp3) is 0.133. The van der Waals surface area contributed by atoms with E-state index in [2.05, 4.69) is 21.2 Å². The molecule has 0 spiro atoms. The molecule has 0 saturated heterocycles. The topological polar surface area (TPSA) is 79.2 Å². The minimum absolute atomic E-state index is 0.146. The first-order valence-corrected chi connectivity index (χ1v) is 8.35. The molecule has 0 aromatic carbocycles. The molecule has 3 rings (SSSR count). The van der Waals surface area contributed by atoms with E-state index in [-0.39, 0.29) is 20.2 Å². The Morgan fingerprint density at radius 2 is 2.12 bits per heavy atom. The summed E-state index contributed by atoms with van der Waals surface area (Å²) < 4.78 is 44.4. The highest BCUT2D eigenvalue weighted by molar-refractivity contribution is 7.80. The molecule has 0 bridgehead atoms. The summed E-state index contributed by atoms with van der Waals surface area (Å²) in [6, 6.07) is 4.17. The summed E-state index contributed by atoms with van der Waals surface area (Å²) >= 11 is 5.75. The number of carbonyl (C=O) groups excluding carboxylic acids is 1. The van der Waals surface area contributed by atoms with Crippen LogP contribution in [0.25, 0.3) is 21.5 Å². The van der Waals surface area contributed by atoms with Crippen LogP contribution in [-0.4, -0.2) is 23.1 Å². The minimum Gasteiger partial charge on any atom is -0.464 e. The zero-order valence-corrected chi connectivity index (χ0v) is 14.7. The van der Waals surface area contributed by atoms with Crippen LogP contribution in [0.5, 0.6) is 0 Å². The number of nitrogens with one attached hydrogen (secondary N) is 3. The zero-order valence-electron chi connectivity index (χ0n) is 13.1. The third-order valence-corrected chi connectivity index (χ3v) is 4.78. The van der Waals surface area contributed by atoms with Crippen LogP contribution in [0, 0.1) is 0 Å². The summed E-state index contributed by atoms with van der Waals surface area (Å²) in [6.07, 6.45) is -2.39. The molecule has 0 aliphatic carbocycles. The van der Waals surface area contributed by atoms with Gasteiger partial charge in [-0.15, -0.1) is 11.3 Å². The first-order valence-electron chi connectivity index (χ1n) is 7.13. The van der Waals surface area contributed by atoms with Crippen LogP contribution in [0.3, 0.4) is 0 Å². The fourth-order valence-electron chi connectivity index (χ4n) is 2.18. The Hall–Kier alpha value is -2.66. The van der Waals surface area contributed by atoms with Crippen LogP contribution in [0.15, 0.2) is 35.1 Å². The number of fused-ring (bicyclic) bond motifs is 1. The average Bonchev–Trinajstić information content (AvgIpc) is 3.24. The molecular weight excluding hydrogens is 389 g/mol. The van der Waals surface area contributed by atoms with Crippen LogP contribution in [-0.2, 0) is 6.18 Å². The monoisotopic (exact) mass is 400 g/mol. The van der Waals surface area contributed by atoms with Crippen LogP contribution in [0.2, 0.25) is 0 Å². The number of thiocarbonyl (C=S) groups is 1. The molecule has 0 saturated carbocycles. The molecule has 3 aromatic rings. The van der Waals surface area contributed by atoms with Crippen molar-refractivity contribution in [1.82, 2.24) is 21.2 Å². The van der Waals surface area contributed by atoms with Gasteiger partial charge >= 0.3 is 6.18 Å². The van der Waals surface area contributed by atoms with Crippen molar-refractivity contribution in [2.45, 2.75) is 6.18 Å². The standard InChI is InChI=1S/C15H11F3N4O2S2/c1-19-14(25)22-21-13(23)12-10(8-3-2-4-24-8)11-9(26-12)5-7(6-20-11)15(16,17)18/h2-6H,1H3,(H,21,23)(H2,19,22,25). The second kappa shape index (κ2) is 6.92. The number of pyridine rings is 1. The van der Waals surface area contributed by atoms with Gasteiger partial charge in [-0.1, -0.05) is 0 Å². The maximum absolute atomic E-state index is 12.9. The van der Waals surface area contributed by atoms with E-state index in [1.807, 2.05) is 0 Å². The number of nitrogens with zero attached hydrogens (tertiary/aromatic N) is 1. The van der Waals surface area contributed by atoms with Gasteiger partial charge in [0.2, 0.25) is 0 Å². The quantitative estimate of drug-likeness (QED) is 0.453. The smallest absolute Gasteiger partial charge is 0.417 e. The molecule has 3 aromatic heterocycles. The van der Waals surface area contributed by atoms with E-state index in [1.54, 1.807) is 19.2 Å². The zero-order chi connectivity index (χ0) is 18.9. The number of halogens is 3. The Morgan fingerprint density at radius 3 is 2.73 bits per heavy atom. The van der Waals surface area contributed by atoms with Crippen molar-refractivity contribution < 1.29 is 22.4 Å². The highest BCUT2D eigenvalue weighted by Gasteiger charge is 2.32. The number of hydrogen-bond acceptors (Lipinski definition) is 5. The molecule has 11 heteroatoms. The SMILES string of the molecule is CNC(=S)NNC(=O)c1sc2cc(C(F)(F)F)cnc2c1-c1ccco1. The third-order valence-electron chi connectivity index (χ3n) is 3.35. The summed E-state index contributed by atoms with van der Waals surface area (Å²) in [4.78, 5) is 16.5. The van der Waals surface area contributed by atoms with Gasteiger partial charge in [0.15, 0.2) is 5.11 Å². The summed E-state index contributed by atoms with van der Waals surface area (Å²) in [6.45, 7) is 0. The second-order valence-electron chi connectivity index (χ2n) is 5.01. The molecule has 0 aliphatic heterocycles. The molecule has 0 fully saturated rings. The Morgan fingerprint density at radius 1 is 1.35 bits per heavy atom. The summed E-state index contributed by atoms with van der Waals surface area (Å²) in [7, 11) is 1.57. The molecule has 0 unspecified atom stereocenters. The normalized spacial score (nSPS) is 11.4. The van der Waals surface area contributed by atoms with Crippen LogP contribution in [0.1, 0.15) is 15.2 Å². The molecule has 1 amide bonds. The van der Waals surface area contributed by atoms with Crippen molar-refractivity contribution in [2.75, 3.05) is 7.05 Å². The second-order valence-corrected chi connectivity index (χ2v) is 6.47. The minimum atomic E-state index is -4.53. The van der Waals surface area contributed by atoms with Gasteiger partial charge in [0.05, 0.1) is 27.6 Å². The molecule has 0 atom stereocenters. The number of furan rings is 1. The van der Waals surface area contributed by atoms with Gasteiger partial charge in [-0.05, 0) is 30.4 Å². The summed E-state index contributed by atoms with van der Waals surface area (Å²) in [5.41, 5.74) is 4.54. The maximum atomic E-state index is 12.9. The molecule has 0 aliphatic rings. The van der Waals surface area contributed by atoms with Crippen molar-refractivity contribution >= 4 is 44.8 Å². The predicted molar refractivity (Wildman–Crippen MR) is 94.6 cm³/mol. The molecule has 3 N–H and O–H groups in total. The highest BCUT2D eigenvalue weighted by Crippen LogP contribution is 2.40. The van der Waals surface area contributed by atoms with E-state index in [0.29, 0.717) is 11.3 Å². The Bertz CT molecular complexity index is 967. The largest absolute Gasteiger partial charge is 0.464 e. The molecule has 26 heavy (non-hydrogen) atoms. The van der Waals surface area contributed by atoms with E-state index in [0.717, 1.165) is 23.6 Å². The van der Waals surface area contributed by atoms with Crippen LogP contribution >= 0.6 is 23.6 Å². The number of hydrogen-bond donors (Lipinski definition) is 3. The van der Waals surface area contributed by atoms with Crippen molar-refractivity contribution in [3.05, 3.63) is 41.1 Å². The maximum Gasteiger partial charge on any atom is 0.417 e. The first-order chi connectivity index (χ1) is 12.3. The van der Waals surface area contributed by atoms with Gasteiger partial charge in [0, 0.05) is 13.2 Å².